The van der Waals surface area contributed by atoms with Gasteiger partial charge < -0.3 is 20.1 Å². The lowest BCUT2D eigenvalue weighted by Gasteiger charge is -2.18. The summed E-state index contributed by atoms with van der Waals surface area (Å²) in [5.74, 6) is 1.19. The minimum atomic E-state index is -0.189. The highest BCUT2D eigenvalue weighted by atomic mass is 16.5. The summed E-state index contributed by atoms with van der Waals surface area (Å²) in [4.78, 5) is 23.5. The van der Waals surface area contributed by atoms with Crippen molar-refractivity contribution in [2.75, 3.05) is 25.6 Å². The van der Waals surface area contributed by atoms with Crippen molar-refractivity contribution in [3.63, 3.8) is 0 Å². The van der Waals surface area contributed by atoms with Gasteiger partial charge in [-0.25, -0.2) is 0 Å². The second kappa shape index (κ2) is 7.70. The summed E-state index contributed by atoms with van der Waals surface area (Å²) in [6, 6.07) is 13.1. The fourth-order valence-corrected chi connectivity index (χ4v) is 2.73. The smallest absolute Gasteiger partial charge is 0.262 e. The van der Waals surface area contributed by atoms with Crippen LogP contribution in [-0.2, 0) is 22.4 Å². The van der Waals surface area contributed by atoms with Gasteiger partial charge in [0.25, 0.3) is 5.91 Å². The molecule has 6 nitrogen and oxygen atoms in total. The number of para-hydroxylation sites is 1. The maximum Gasteiger partial charge on any atom is 0.262 e. The molecule has 3 rings (SSSR count). The number of nitrogens with one attached hydrogen (secondary N) is 2. The molecule has 0 saturated heterocycles. The third-order valence-corrected chi connectivity index (χ3v) is 3.95. The fourth-order valence-electron chi connectivity index (χ4n) is 2.73. The number of ether oxygens (including phenoxy) is 2. The van der Waals surface area contributed by atoms with Gasteiger partial charge in [-0.2, -0.15) is 0 Å². The van der Waals surface area contributed by atoms with Crippen molar-refractivity contribution in [1.82, 2.24) is 5.32 Å². The van der Waals surface area contributed by atoms with Gasteiger partial charge in [-0.3, -0.25) is 9.59 Å². The molecule has 0 aliphatic carbocycles. The van der Waals surface area contributed by atoms with Crippen molar-refractivity contribution in [2.24, 2.45) is 0 Å². The Morgan fingerprint density at radius 2 is 2.12 bits per heavy atom. The highest BCUT2D eigenvalue weighted by Gasteiger charge is 2.16. The molecule has 25 heavy (non-hydrogen) atoms. The highest BCUT2D eigenvalue weighted by Crippen LogP contribution is 2.28. The maximum atomic E-state index is 12.1. The van der Waals surface area contributed by atoms with Gasteiger partial charge in [0.05, 0.1) is 19.2 Å². The number of amides is 2. The first-order chi connectivity index (χ1) is 12.2. The maximum absolute atomic E-state index is 12.1. The SMILES string of the molecule is COc1ccccc1CCNC(=O)Cc1ccc2c(c1)NC(=O)CO2. The van der Waals surface area contributed by atoms with E-state index in [-0.39, 0.29) is 24.8 Å². The molecular weight excluding hydrogens is 320 g/mol. The topological polar surface area (TPSA) is 76.7 Å². The van der Waals surface area contributed by atoms with Crippen LogP contribution in [0.25, 0.3) is 0 Å². The Balaban J connectivity index is 1.53. The van der Waals surface area contributed by atoms with Crippen LogP contribution in [0.3, 0.4) is 0 Å². The van der Waals surface area contributed by atoms with Crippen LogP contribution in [0.2, 0.25) is 0 Å². The standard InChI is InChI=1S/C19H20N2O4/c1-24-16-5-3-2-4-14(16)8-9-20-18(22)11-13-6-7-17-15(10-13)21-19(23)12-25-17/h2-7,10H,8-9,11-12H2,1H3,(H,20,22)(H,21,23). The quantitative estimate of drug-likeness (QED) is 0.842. The van der Waals surface area contributed by atoms with Gasteiger partial charge in [0.1, 0.15) is 11.5 Å². The van der Waals surface area contributed by atoms with E-state index in [4.69, 9.17) is 9.47 Å². The Kier molecular flexibility index (Phi) is 5.18. The minimum absolute atomic E-state index is 0.0236. The number of hydrogen-bond donors (Lipinski definition) is 2. The number of rotatable bonds is 6. The summed E-state index contributed by atoms with van der Waals surface area (Å²) >= 11 is 0. The number of anilines is 1. The van der Waals surface area contributed by atoms with Gasteiger partial charge in [-0.15, -0.1) is 0 Å². The molecule has 0 saturated carbocycles. The molecule has 6 heteroatoms. The zero-order chi connectivity index (χ0) is 17.6. The Morgan fingerprint density at radius 1 is 1.28 bits per heavy atom. The van der Waals surface area contributed by atoms with Gasteiger partial charge in [0.15, 0.2) is 6.61 Å². The van der Waals surface area contributed by atoms with E-state index >= 15 is 0 Å². The molecule has 0 radical (unpaired) electrons. The van der Waals surface area contributed by atoms with Crippen molar-refractivity contribution in [1.29, 1.82) is 0 Å². The van der Waals surface area contributed by atoms with Gasteiger partial charge in [0, 0.05) is 6.54 Å². The monoisotopic (exact) mass is 340 g/mol. The summed E-state index contributed by atoms with van der Waals surface area (Å²) in [7, 11) is 1.63. The molecule has 130 valence electrons. The molecule has 1 aliphatic rings. The molecule has 2 aromatic rings. The minimum Gasteiger partial charge on any atom is -0.496 e. The normalized spacial score (nSPS) is 12.6. The largest absolute Gasteiger partial charge is 0.496 e. The summed E-state index contributed by atoms with van der Waals surface area (Å²) < 4.78 is 10.6. The van der Waals surface area contributed by atoms with Gasteiger partial charge in [0.2, 0.25) is 5.91 Å². The first-order valence-corrected chi connectivity index (χ1v) is 8.10. The average Bonchev–Trinajstić information content (AvgIpc) is 2.61. The molecule has 1 heterocycles. The lowest BCUT2D eigenvalue weighted by Crippen LogP contribution is -2.28. The number of fused-ring (bicyclic) bond motifs is 1. The average molecular weight is 340 g/mol. The van der Waals surface area contributed by atoms with E-state index in [1.807, 2.05) is 30.3 Å². The molecule has 0 atom stereocenters. The predicted molar refractivity (Wildman–Crippen MR) is 94.0 cm³/mol. The lowest BCUT2D eigenvalue weighted by molar-refractivity contribution is -0.120. The van der Waals surface area contributed by atoms with Crippen LogP contribution >= 0.6 is 0 Å². The van der Waals surface area contributed by atoms with Crippen molar-refractivity contribution >= 4 is 17.5 Å². The number of methoxy groups -OCH3 is 1. The summed E-state index contributed by atoms with van der Waals surface area (Å²) in [6.45, 7) is 0.555. The Morgan fingerprint density at radius 3 is 2.96 bits per heavy atom. The van der Waals surface area contributed by atoms with Crippen LogP contribution in [-0.4, -0.2) is 32.1 Å². The third kappa shape index (κ3) is 4.29. The Labute approximate surface area is 146 Å². The predicted octanol–water partition coefficient (Wildman–Crippen LogP) is 1.93. The summed E-state index contributed by atoms with van der Waals surface area (Å²) in [5, 5.41) is 5.65. The molecule has 2 aromatic carbocycles. The zero-order valence-corrected chi connectivity index (χ0v) is 14.0. The van der Waals surface area contributed by atoms with Crippen LogP contribution in [0, 0.1) is 0 Å². The van der Waals surface area contributed by atoms with Crippen LogP contribution < -0.4 is 20.1 Å². The van der Waals surface area contributed by atoms with Crippen molar-refractivity contribution in [2.45, 2.75) is 12.8 Å². The summed E-state index contributed by atoms with van der Waals surface area (Å²) in [5.41, 5.74) is 2.48. The van der Waals surface area contributed by atoms with Crippen LogP contribution in [0.15, 0.2) is 42.5 Å². The zero-order valence-electron chi connectivity index (χ0n) is 14.0. The lowest BCUT2D eigenvalue weighted by atomic mass is 10.1. The van der Waals surface area contributed by atoms with Crippen molar-refractivity contribution in [3.05, 3.63) is 53.6 Å². The molecule has 0 fully saturated rings. The number of benzene rings is 2. The van der Waals surface area contributed by atoms with Gasteiger partial charge >= 0.3 is 0 Å². The van der Waals surface area contributed by atoms with Crippen LogP contribution in [0.4, 0.5) is 5.69 Å². The molecule has 2 N–H and O–H groups in total. The van der Waals surface area contributed by atoms with E-state index in [0.717, 1.165) is 16.9 Å². The molecule has 0 spiro atoms. The molecule has 0 unspecified atom stereocenters. The Hall–Kier alpha value is -3.02. The highest BCUT2D eigenvalue weighted by molar-refractivity contribution is 5.95. The van der Waals surface area contributed by atoms with E-state index in [1.54, 1.807) is 19.2 Å². The summed E-state index contributed by atoms with van der Waals surface area (Å²) in [6.07, 6.45) is 0.943. The fraction of sp³-hybridized carbons (Fsp3) is 0.263. The third-order valence-electron chi connectivity index (χ3n) is 3.95. The number of hydrogen-bond acceptors (Lipinski definition) is 4. The van der Waals surface area contributed by atoms with E-state index in [1.165, 1.54) is 0 Å². The number of carbonyl (C=O) groups is 2. The number of carbonyl (C=O) groups excluding carboxylic acids is 2. The molecule has 0 aromatic heterocycles. The van der Waals surface area contributed by atoms with E-state index in [0.29, 0.717) is 24.4 Å². The molecule has 0 bridgehead atoms. The van der Waals surface area contributed by atoms with Gasteiger partial charge in [-0.1, -0.05) is 24.3 Å². The second-order valence-corrected chi connectivity index (χ2v) is 5.76. The van der Waals surface area contributed by atoms with Gasteiger partial charge in [-0.05, 0) is 35.7 Å². The first kappa shape index (κ1) is 16.8. The van der Waals surface area contributed by atoms with Crippen LogP contribution in [0.1, 0.15) is 11.1 Å². The van der Waals surface area contributed by atoms with E-state index < -0.39 is 0 Å². The molecule has 1 aliphatic heterocycles. The van der Waals surface area contributed by atoms with Crippen molar-refractivity contribution < 1.29 is 19.1 Å². The Bertz CT molecular complexity index is 789. The van der Waals surface area contributed by atoms with E-state index in [9.17, 15) is 9.59 Å². The molecular formula is C19H20N2O4. The molecule has 2 amide bonds. The van der Waals surface area contributed by atoms with Crippen LogP contribution in [0.5, 0.6) is 11.5 Å². The van der Waals surface area contributed by atoms with Crippen molar-refractivity contribution in [3.8, 4) is 11.5 Å². The first-order valence-electron chi connectivity index (χ1n) is 8.10. The van der Waals surface area contributed by atoms with E-state index in [2.05, 4.69) is 10.6 Å². The second-order valence-electron chi connectivity index (χ2n) is 5.76.